The molecule has 1 spiro atoms. The molecule has 2 rings (SSSR count). The highest BCUT2D eigenvalue weighted by molar-refractivity contribution is 5.93. The second-order valence-corrected chi connectivity index (χ2v) is 4.65. The minimum Gasteiger partial charge on any atom is -0.465 e. The van der Waals surface area contributed by atoms with Crippen LogP contribution in [0.3, 0.4) is 0 Å². The lowest BCUT2D eigenvalue weighted by molar-refractivity contribution is -0.136. The third-order valence-electron chi connectivity index (χ3n) is 3.61. The highest BCUT2D eigenvalue weighted by Crippen LogP contribution is 2.37. The van der Waals surface area contributed by atoms with E-state index in [0.717, 1.165) is 18.4 Å². The molecule has 0 saturated carbocycles. The Labute approximate surface area is 106 Å². The van der Waals surface area contributed by atoms with Crippen molar-refractivity contribution < 1.29 is 19.0 Å². The van der Waals surface area contributed by atoms with E-state index in [1.54, 1.807) is 0 Å². The highest BCUT2D eigenvalue weighted by atomic mass is 16.5. The number of nitriles is 1. The smallest absolute Gasteiger partial charge is 0.348 e. The minimum atomic E-state index is -0.545. The van der Waals surface area contributed by atoms with Gasteiger partial charge in [0.15, 0.2) is 0 Å². The molecule has 0 aromatic carbocycles. The molecule has 5 heteroatoms. The van der Waals surface area contributed by atoms with Crippen molar-refractivity contribution in [1.29, 1.82) is 5.26 Å². The maximum atomic E-state index is 11.5. The first kappa shape index (κ1) is 13.1. The molecule has 0 radical (unpaired) electrons. The van der Waals surface area contributed by atoms with Crippen molar-refractivity contribution in [2.24, 2.45) is 0 Å². The van der Waals surface area contributed by atoms with E-state index < -0.39 is 5.97 Å². The van der Waals surface area contributed by atoms with Gasteiger partial charge in [0.2, 0.25) is 0 Å². The summed E-state index contributed by atoms with van der Waals surface area (Å²) in [5, 5.41) is 9.09. The standard InChI is InChI=1S/C13H17NO4/c1-16-12(15)11(9-14)10-2-5-18-13(8-10)3-6-17-7-4-13/h2-8H2,1H3/b11-10-. The normalized spacial score (nSPS) is 25.3. The van der Waals surface area contributed by atoms with Gasteiger partial charge in [-0.3, -0.25) is 0 Å². The summed E-state index contributed by atoms with van der Waals surface area (Å²) in [6.45, 7) is 1.90. The molecule has 0 aliphatic carbocycles. The topological polar surface area (TPSA) is 68.6 Å². The summed E-state index contributed by atoms with van der Waals surface area (Å²) in [5.74, 6) is -0.545. The Morgan fingerprint density at radius 3 is 2.72 bits per heavy atom. The van der Waals surface area contributed by atoms with E-state index in [4.69, 9.17) is 14.7 Å². The van der Waals surface area contributed by atoms with Gasteiger partial charge in [0.05, 0.1) is 19.3 Å². The van der Waals surface area contributed by atoms with Crippen LogP contribution in [-0.4, -0.2) is 38.5 Å². The van der Waals surface area contributed by atoms with E-state index >= 15 is 0 Å². The number of hydrogen-bond acceptors (Lipinski definition) is 5. The van der Waals surface area contributed by atoms with Gasteiger partial charge < -0.3 is 14.2 Å². The van der Waals surface area contributed by atoms with Crippen molar-refractivity contribution >= 4 is 5.97 Å². The van der Waals surface area contributed by atoms with Crippen molar-refractivity contribution in [3.63, 3.8) is 0 Å². The van der Waals surface area contributed by atoms with E-state index in [-0.39, 0.29) is 11.2 Å². The molecule has 0 aromatic rings. The Hall–Kier alpha value is -1.38. The molecule has 2 heterocycles. The van der Waals surface area contributed by atoms with Gasteiger partial charge in [-0.15, -0.1) is 0 Å². The van der Waals surface area contributed by atoms with Crippen molar-refractivity contribution in [2.75, 3.05) is 26.9 Å². The van der Waals surface area contributed by atoms with E-state index in [1.807, 2.05) is 6.07 Å². The molecule has 0 atom stereocenters. The lowest BCUT2D eigenvalue weighted by Gasteiger charge is -2.41. The highest BCUT2D eigenvalue weighted by Gasteiger charge is 2.38. The van der Waals surface area contributed by atoms with Crippen LogP contribution in [0.1, 0.15) is 25.7 Å². The van der Waals surface area contributed by atoms with Gasteiger partial charge in [-0.05, 0) is 18.4 Å². The summed E-state index contributed by atoms with van der Waals surface area (Å²) >= 11 is 0. The molecule has 5 nitrogen and oxygen atoms in total. The number of rotatable bonds is 1. The van der Waals surface area contributed by atoms with Gasteiger partial charge in [0.1, 0.15) is 11.6 Å². The first-order chi connectivity index (χ1) is 8.71. The molecular formula is C13H17NO4. The molecule has 2 aliphatic rings. The van der Waals surface area contributed by atoms with Crippen LogP contribution in [0, 0.1) is 11.3 Å². The lowest BCUT2D eigenvalue weighted by atomic mass is 9.82. The number of ether oxygens (including phenoxy) is 3. The third kappa shape index (κ3) is 2.55. The summed E-state index contributed by atoms with van der Waals surface area (Å²) in [5.41, 5.74) is 0.756. The molecule has 0 aromatic heterocycles. The van der Waals surface area contributed by atoms with Crippen LogP contribution in [0.4, 0.5) is 0 Å². The zero-order valence-corrected chi connectivity index (χ0v) is 10.5. The number of hydrogen-bond donors (Lipinski definition) is 0. The number of esters is 1. The third-order valence-corrected chi connectivity index (χ3v) is 3.61. The van der Waals surface area contributed by atoms with Crippen LogP contribution in [-0.2, 0) is 19.0 Å². The summed E-state index contributed by atoms with van der Waals surface area (Å²) in [6, 6.07) is 1.96. The Morgan fingerprint density at radius 1 is 1.39 bits per heavy atom. The molecule has 0 N–H and O–H groups in total. The average molecular weight is 251 g/mol. The maximum Gasteiger partial charge on any atom is 0.348 e. The molecule has 0 unspecified atom stereocenters. The summed E-state index contributed by atoms with van der Waals surface area (Å²) in [6.07, 6.45) is 2.89. The van der Waals surface area contributed by atoms with Gasteiger partial charge in [0.25, 0.3) is 0 Å². The molecule has 2 aliphatic heterocycles. The molecule has 18 heavy (non-hydrogen) atoms. The number of methoxy groups -OCH3 is 1. The molecular weight excluding hydrogens is 234 g/mol. The number of carbonyl (C=O) groups excluding carboxylic acids is 1. The van der Waals surface area contributed by atoms with Gasteiger partial charge in [0, 0.05) is 26.1 Å². The SMILES string of the molecule is COC(=O)/C(C#N)=C1/CCOC2(CCOCC2)C1. The Bertz CT molecular complexity index is 396. The summed E-state index contributed by atoms with van der Waals surface area (Å²) in [7, 11) is 1.30. The molecule has 98 valence electrons. The Morgan fingerprint density at radius 2 is 2.11 bits per heavy atom. The molecule has 0 bridgehead atoms. The van der Waals surface area contributed by atoms with E-state index in [9.17, 15) is 4.79 Å². The van der Waals surface area contributed by atoms with Gasteiger partial charge >= 0.3 is 5.97 Å². The summed E-state index contributed by atoms with van der Waals surface area (Å²) in [4.78, 5) is 11.5. The fourth-order valence-electron chi connectivity index (χ4n) is 2.57. The predicted molar refractivity (Wildman–Crippen MR) is 62.6 cm³/mol. The number of nitrogens with zero attached hydrogens (tertiary/aromatic N) is 1. The van der Waals surface area contributed by atoms with Crippen LogP contribution in [0.5, 0.6) is 0 Å². The van der Waals surface area contributed by atoms with Crippen molar-refractivity contribution in [3.05, 3.63) is 11.1 Å². The molecule has 2 saturated heterocycles. The van der Waals surface area contributed by atoms with Crippen LogP contribution in [0.2, 0.25) is 0 Å². The van der Waals surface area contributed by atoms with Crippen LogP contribution in [0.25, 0.3) is 0 Å². The van der Waals surface area contributed by atoms with E-state index in [2.05, 4.69) is 4.74 Å². The number of carbonyl (C=O) groups is 1. The fraction of sp³-hybridized carbons (Fsp3) is 0.692. The first-order valence-electron chi connectivity index (χ1n) is 6.13. The van der Waals surface area contributed by atoms with Crippen LogP contribution in [0.15, 0.2) is 11.1 Å². The summed E-state index contributed by atoms with van der Waals surface area (Å²) < 4.78 is 15.9. The minimum absolute atomic E-state index is 0.145. The second-order valence-electron chi connectivity index (χ2n) is 4.65. The van der Waals surface area contributed by atoms with Gasteiger partial charge in [-0.1, -0.05) is 0 Å². The first-order valence-corrected chi connectivity index (χ1v) is 6.13. The quantitative estimate of drug-likeness (QED) is 0.399. The van der Waals surface area contributed by atoms with Crippen LogP contribution >= 0.6 is 0 Å². The largest absolute Gasteiger partial charge is 0.465 e. The van der Waals surface area contributed by atoms with Crippen molar-refractivity contribution in [1.82, 2.24) is 0 Å². The Balaban J connectivity index is 2.21. The maximum absolute atomic E-state index is 11.5. The van der Waals surface area contributed by atoms with Gasteiger partial charge in [-0.25, -0.2) is 4.79 Å². The van der Waals surface area contributed by atoms with Gasteiger partial charge in [-0.2, -0.15) is 5.26 Å². The second kappa shape index (κ2) is 5.51. The fourth-order valence-corrected chi connectivity index (χ4v) is 2.57. The molecule has 2 fully saturated rings. The lowest BCUT2D eigenvalue weighted by Crippen LogP contribution is -2.42. The Kier molecular flexibility index (Phi) is 4.00. The molecule has 0 amide bonds. The van der Waals surface area contributed by atoms with Crippen LogP contribution < -0.4 is 0 Å². The van der Waals surface area contributed by atoms with E-state index in [1.165, 1.54) is 7.11 Å². The van der Waals surface area contributed by atoms with Crippen molar-refractivity contribution in [2.45, 2.75) is 31.3 Å². The monoisotopic (exact) mass is 251 g/mol. The zero-order valence-electron chi connectivity index (χ0n) is 10.5. The van der Waals surface area contributed by atoms with Crippen molar-refractivity contribution in [3.8, 4) is 6.07 Å². The predicted octanol–water partition coefficient (Wildman–Crippen LogP) is 1.34. The van der Waals surface area contributed by atoms with E-state index in [0.29, 0.717) is 32.7 Å². The zero-order chi connectivity index (χ0) is 13.0. The average Bonchev–Trinajstić information content (AvgIpc) is 2.40.